The number of anilines is 3. The summed E-state index contributed by atoms with van der Waals surface area (Å²) in [5.41, 5.74) is 5.18. The maximum Gasteiger partial charge on any atom is 0.417 e. The van der Waals surface area contributed by atoms with Crippen LogP contribution in [0.25, 0.3) is 11.1 Å². The Balaban J connectivity index is 1.71. The van der Waals surface area contributed by atoms with Crippen molar-refractivity contribution in [1.82, 2.24) is 14.5 Å². The van der Waals surface area contributed by atoms with Gasteiger partial charge in [-0.3, -0.25) is 5.32 Å². The molecule has 11 heteroatoms. The maximum atomic E-state index is 13.9. The lowest BCUT2D eigenvalue weighted by molar-refractivity contribution is -0.342. The molecule has 30 heavy (non-hydrogen) atoms. The Kier molecular flexibility index (Phi) is 5.81. The third kappa shape index (κ3) is 4.66. The minimum Gasteiger partial charge on any atom is -0.320 e. The van der Waals surface area contributed by atoms with Crippen molar-refractivity contribution in [3.8, 4) is 11.1 Å². The van der Waals surface area contributed by atoms with Gasteiger partial charge in [0.05, 0.1) is 16.3 Å². The van der Waals surface area contributed by atoms with E-state index in [-0.39, 0.29) is 28.2 Å². The van der Waals surface area contributed by atoms with E-state index in [2.05, 4.69) is 24.8 Å². The number of nitrogens with one attached hydrogen (secondary N) is 3. The van der Waals surface area contributed by atoms with Crippen LogP contribution in [0.5, 0.6) is 0 Å². The van der Waals surface area contributed by atoms with E-state index in [1.807, 2.05) is 6.07 Å². The SMILES string of the molecule is Nc1[nH]nc(Nc2cc(Cl)c(-c3cccc(SN4CCCC4)c3)c(C(F)(F)F)c2)[nH+]1. The van der Waals surface area contributed by atoms with E-state index in [0.717, 1.165) is 36.9 Å². The highest BCUT2D eigenvalue weighted by atomic mass is 35.5. The number of halogens is 4. The van der Waals surface area contributed by atoms with Crippen LogP contribution in [0.3, 0.4) is 0 Å². The first-order valence-corrected chi connectivity index (χ1v) is 10.4. The van der Waals surface area contributed by atoms with E-state index in [4.69, 9.17) is 17.3 Å². The summed E-state index contributed by atoms with van der Waals surface area (Å²) >= 11 is 7.90. The molecule has 0 bridgehead atoms. The predicted octanol–water partition coefficient (Wildman–Crippen LogP) is 4.99. The number of nitrogen functional groups attached to an aromatic ring is 1. The van der Waals surface area contributed by atoms with Gasteiger partial charge in [-0.1, -0.05) is 23.7 Å². The Labute approximate surface area is 180 Å². The Bertz CT molecular complexity index is 1050. The Hall–Kier alpha value is -2.43. The van der Waals surface area contributed by atoms with Gasteiger partial charge in [0.15, 0.2) is 0 Å². The van der Waals surface area contributed by atoms with E-state index >= 15 is 0 Å². The molecule has 4 rings (SSSR count). The summed E-state index contributed by atoms with van der Waals surface area (Å²) in [5.74, 6) is 0.344. The van der Waals surface area contributed by atoms with Crippen molar-refractivity contribution in [2.45, 2.75) is 23.9 Å². The second-order valence-corrected chi connectivity index (χ2v) is 8.45. The number of nitrogens with zero attached hydrogens (tertiary/aromatic N) is 2. The second-order valence-electron chi connectivity index (χ2n) is 6.87. The molecule has 2 aromatic carbocycles. The molecule has 0 amide bonds. The zero-order valence-electron chi connectivity index (χ0n) is 15.7. The average molecular weight is 456 g/mol. The Morgan fingerprint density at radius 1 is 1.20 bits per heavy atom. The lowest BCUT2D eigenvalue weighted by atomic mass is 9.98. The molecule has 3 aromatic rings. The highest BCUT2D eigenvalue weighted by Gasteiger charge is 2.36. The van der Waals surface area contributed by atoms with E-state index in [1.165, 1.54) is 6.07 Å². The summed E-state index contributed by atoms with van der Waals surface area (Å²) < 4.78 is 44.0. The monoisotopic (exact) mass is 455 g/mol. The van der Waals surface area contributed by atoms with Crippen molar-refractivity contribution in [3.63, 3.8) is 0 Å². The molecule has 1 fully saturated rings. The van der Waals surface area contributed by atoms with E-state index < -0.39 is 11.7 Å². The number of hydrogen-bond donors (Lipinski definition) is 3. The molecule has 6 nitrogen and oxygen atoms in total. The van der Waals surface area contributed by atoms with Gasteiger partial charge in [0, 0.05) is 23.5 Å². The summed E-state index contributed by atoms with van der Waals surface area (Å²) in [6.45, 7) is 1.94. The molecule has 1 saturated heterocycles. The van der Waals surface area contributed by atoms with Crippen LogP contribution >= 0.6 is 23.5 Å². The Morgan fingerprint density at radius 3 is 2.63 bits per heavy atom. The minimum atomic E-state index is -4.59. The van der Waals surface area contributed by atoms with E-state index in [0.29, 0.717) is 5.56 Å². The largest absolute Gasteiger partial charge is 0.417 e. The quantitative estimate of drug-likeness (QED) is 0.472. The fourth-order valence-corrected chi connectivity index (χ4v) is 4.71. The molecule has 158 valence electrons. The molecule has 0 saturated carbocycles. The van der Waals surface area contributed by atoms with Crippen molar-refractivity contribution in [2.75, 3.05) is 24.1 Å². The number of H-pyrrole nitrogens is 2. The van der Waals surface area contributed by atoms with Gasteiger partial charge in [-0.25, -0.2) is 9.29 Å². The minimum absolute atomic E-state index is 0.0147. The van der Waals surface area contributed by atoms with Gasteiger partial charge < -0.3 is 5.73 Å². The molecule has 1 aromatic heterocycles. The van der Waals surface area contributed by atoms with Crippen LogP contribution in [0.2, 0.25) is 5.02 Å². The summed E-state index contributed by atoms with van der Waals surface area (Å²) in [6, 6.07) is 9.47. The maximum absolute atomic E-state index is 13.9. The number of hydrogen-bond acceptors (Lipinski definition) is 5. The molecule has 0 aliphatic carbocycles. The summed E-state index contributed by atoms with van der Waals surface area (Å²) in [7, 11) is 0. The molecular weight excluding hydrogens is 437 g/mol. The molecule has 0 spiro atoms. The van der Waals surface area contributed by atoms with Gasteiger partial charge >= 0.3 is 18.1 Å². The van der Waals surface area contributed by atoms with Gasteiger partial charge in [-0.05, 0) is 59.7 Å². The van der Waals surface area contributed by atoms with Crippen molar-refractivity contribution in [3.05, 3.63) is 47.0 Å². The first-order chi connectivity index (χ1) is 14.3. The highest BCUT2D eigenvalue weighted by molar-refractivity contribution is 7.97. The van der Waals surface area contributed by atoms with Crippen LogP contribution in [0, 0.1) is 0 Å². The lowest BCUT2D eigenvalue weighted by Crippen LogP contribution is -2.12. The van der Waals surface area contributed by atoms with Gasteiger partial charge in [0.2, 0.25) is 0 Å². The van der Waals surface area contributed by atoms with E-state index in [9.17, 15) is 13.2 Å². The van der Waals surface area contributed by atoms with Crippen LogP contribution in [-0.2, 0) is 6.18 Å². The van der Waals surface area contributed by atoms with Crippen LogP contribution in [0.1, 0.15) is 18.4 Å². The van der Waals surface area contributed by atoms with Crippen molar-refractivity contribution in [2.24, 2.45) is 0 Å². The summed E-state index contributed by atoms with van der Waals surface area (Å²) in [4.78, 5) is 3.54. The zero-order valence-corrected chi connectivity index (χ0v) is 17.3. The van der Waals surface area contributed by atoms with E-state index in [1.54, 1.807) is 30.1 Å². The average Bonchev–Trinajstić information content (AvgIpc) is 3.32. The first-order valence-electron chi connectivity index (χ1n) is 9.24. The van der Waals surface area contributed by atoms with Crippen LogP contribution in [0.15, 0.2) is 41.3 Å². The standard InChI is InChI=1S/C19H18ClF3N6S/c20-15-10-12(25-18-26-17(24)27-28-18)9-14(19(21,22)23)16(15)11-4-3-5-13(8-11)30-29-6-1-2-7-29/h3-5,8-10H,1-2,6-7H2,(H4,24,25,26,27,28)/p+1. The number of aromatic amines is 2. The highest BCUT2D eigenvalue weighted by Crippen LogP contribution is 2.44. The molecule has 0 atom stereocenters. The molecule has 0 unspecified atom stereocenters. The zero-order chi connectivity index (χ0) is 21.3. The fourth-order valence-electron chi connectivity index (χ4n) is 3.33. The number of aromatic nitrogens is 3. The lowest BCUT2D eigenvalue weighted by Gasteiger charge is -2.18. The van der Waals surface area contributed by atoms with Crippen molar-refractivity contribution in [1.29, 1.82) is 0 Å². The number of alkyl halides is 3. The molecule has 5 N–H and O–H groups in total. The summed E-state index contributed by atoms with van der Waals surface area (Å²) in [5, 5.41) is 9.02. The van der Waals surface area contributed by atoms with Gasteiger partial charge in [-0.2, -0.15) is 18.3 Å². The van der Waals surface area contributed by atoms with Gasteiger partial charge in [0.1, 0.15) is 0 Å². The fraction of sp³-hybridized carbons (Fsp3) is 0.263. The number of benzene rings is 2. The Morgan fingerprint density at radius 2 is 1.97 bits per heavy atom. The topological polar surface area (TPSA) is 84.1 Å². The third-order valence-corrected chi connectivity index (χ3v) is 6.01. The van der Waals surface area contributed by atoms with Gasteiger partial charge in [-0.15, -0.1) is 0 Å². The van der Waals surface area contributed by atoms with Gasteiger partial charge in [0.25, 0.3) is 0 Å². The predicted molar refractivity (Wildman–Crippen MR) is 111 cm³/mol. The summed E-state index contributed by atoms with van der Waals surface area (Å²) in [6.07, 6.45) is -2.34. The molecule has 0 radical (unpaired) electrons. The molecular formula is C19H19ClF3N6S+. The number of rotatable bonds is 5. The molecule has 2 heterocycles. The van der Waals surface area contributed by atoms with Crippen molar-refractivity contribution < 1.29 is 18.2 Å². The van der Waals surface area contributed by atoms with Crippen LogP contribution in [-0.4, -0.2) is 27.6 Å². The van der Waals surface area contributed by atoms with Crippen molar-refractivity contribution >= 4 is 41.1 Å². The van der Waals surface area contributed by atoms with Crippen LogP contribution in [0.4, 0.5) is 30.8 Å². The molecule has 1 aliphatic heterocycles. The smallest absolute Gasteiger partial charge is 0.320 e. The normalized spacial score (nSPS) is 14.9. The second kappa shape index (κ2) is 8.37. The first kappa shape index (κ1) is 20.8. The third-order valence-electron chi connectivity index (χ3n) is 4.62. The molecule has 1 aliphatic rings. The van der Waals surface area contributed by atoms with Crippen LogP contribution < -0.4 is 16.0 Å². The number of nitrogens with two attached hydrogens (primary N) is 1.